The average molecular weight is 309 g/mol. The van der Waals surface area contributed by atoms with Gasteiger partial charge >= 0.3 is 0 Å². The van der Waals surface area contributed by atoms with Crippen molar-refractivity contribution in [2.24, 2.45) is 0 Å². The summed E-state index contributed by atoms with van der Waals surface area (Å²) < 4.78 is 18.5. The third-order valence-electron chi connectivity index (χ3n) is 3.04. The summed E-state index contributed by atoms with van der Waals surface area (Å²) in [4.78, 5) is 16.0. The van der Waals surface area contributed by atoms with Gasteiger partial charge in [-0.05, 0) is 30.7 Å². The molecule has 21 heavy (non-hydrogen) atoms. The summed E-state index contributed by atoms with van der Waals surface area (Å²) in [5.74, 6) is -0.681. The minimum atomic E-state index is -0.476. The number of benzene rings is 1. The average Bonchev–Trinajstić information content (AvgIpc) is 2.47. The maximum Gasteiger partial charge on any atom is 0.254 e. The summed E-state index contributed by atoms with van der Waals surface area (Å²) in [5.41, 5.74) is 0.904. The molecule has 1 amide bonds. The molecule has 0 aliphatic carbocycles. The lowest BCUT2D eigenvalue weighted by Gasteiger charge is -2.15. The Bertz CT molecular complexity index is 664. The molecule has 1 aromatic heterocycles. The Morgan fingerprint density at radius 2 is 2.19 bits per heavy atom. The van der Waals surface area contributed by atoms with Crippen molar-refractivity contribution < 1.29 is 13.9 Å². The molecular formula is C15H14ClFN2O2. The molecule has 0 saturated heterocycles. The first-order chi connectivity index (χ1) is 10.0. The van der Waals surface area contributed by atoms with Crippen LogP contribution in [-0.2, 0) is 0 Å². The van der Waals surface area contributed by atoms with E-state index < -0.39 is 5.82 Å². The van der Waals surface area contributed by atoms with Crippen molar-refractivity contribution in [1.82, 2.24) is 10.3 Å². The number of halogens is 2. The van der Waals surface area contributed by atoms with Gasteiger partial charge < -0.3 is 10.1 Å². The second kappa shape index (κ2) is 6.54. The Morgan fingerprint density at radius 3 is 2.81 bits per heavy atom. The number of nitrogens with zero attached hydrogens (tertiary/aromatic N) is 1. The van der Waals surface area contributed by atoms with E-state index in [-0.39, 0.29) is 23.3 Å². The van der Waals surface area contributed by atoms with Crippen molar-refractivity contribution >= 4 is 17.5 Å². The van der Waals surface area contributed by atoms with E-state index in [0.717, 1.165) is 0 Å². The topological polar surface area (TPSA) is 51.2 Å². The normalized spacial score (nSPS) is 11.8. The van der Waals surface area contributed by atoms with Crippen LogP contribution in [0.3, 0.4) is 0 Å². The van der Waals surface area contributed by atoms with E-state index in [9.17, 15) is 9.18 Å². The molecule has 1 unspecified atom stereocenters. The Kier molecular flexibility index (Phi) is 4.75. The Labute approximate surface area is 126 Å². The molecule has 110 valence electrons. The number of aromatic nitrogens is 1. The summed E-state index contributed by atoms with van der Waals surface area (Å²) in [6, 6.07) is 5.69. The highest BCUT2D eigenvalue weighted by molar-refractivity contribution is 6.33. The van der Waals surface area contributed by atoms with Crippen molar-refractivity contribution in [3.05, 3.63) is 58.6 Å². The van der Waals surface area contributed by atoms with Gasteiger partial charge in [0.1, 0.15) is 0 Å². The van der Waals surface area contributed by atoms with E-state index in [0.29, 0.717) is 10.6 Å². The predicted molar refractivity (Wildman–Crippen MR) is 78.1 cm³/mol. The van der Waals surface area contributed by atoms with Crippen LogP contribution < -0.4 is 10.1 Å². The van der Waals surface area contributed by atoms with Gasteiger partial charge in [0, 0.05) is 12.4 Å². The molecular weight excluding hydrogens is 295 g/mol. The Hall–Kier alpha value is -2.14. The van der Waals surface area contributed by atoms with Crippen LogP contribution in [0.4, 0.5) is 4.39 Å². The molecule has 2 rings (SSSR count). The van der Waals surface area contributed by atoms with Crippen LogP contribution in [0.5, 0.6) is 5.75 Å². The minimum Gasteiger partial charge on any atom is -0.494 e. The van der Waals surface area contributed by atoms with Crippen LogP contribution in [0.2, 0.25) is 5.02 Å². The maximum atomic E-state index is 13.7. The first-order valence-electron chi connectivity index (χ1n) is 6.26. The van der Waals surface area contributed by atoms with Gasteiger partial charge in [-0.15, -0.1) is 0 Å². The summed E-state index contributed by atoms with van der Waals surface area (Å²) >= 11 is 5.94. The second-order valence-corrected chi connectivity index (χ2v) is 4.85. The van der Waals surface area contributed by atoms with Gasteiger partial charge in [-0.1, -0.05) is 17.7 Å². The van der Waals surface area contributed by atoms with E-state index in [1.807, 2.05) is 0 Å². The zero-order valence-electron chi connectivity index (χ0n) is 11.6. The fourth-order valence-electron chi connectivity index (χ4n) is 1.85. The lowest BCUT2D eigenvalue weighted by Crippen LogP contribution is -2.27. The van der Waals surface area contributed by atoms with Gasteiger partial charge in [0.2, 0.25) is 0 Å². The minimum absolute atomic E-state index is 0.160. The number of carbonyl (C=O) groups excluding carboxylic acids is 1. The van der Waals surface area contributed by atoms with E-state index >= 15 is 0 Å². The molecule has 2 aromatic rings. The van der Waals surface area contributed by atoms with Crippen molar-refractivity contribution in [3.63, 3.8) is 0 Å². The first kappa shape index (κ1) is 15.3. The zero-order valence-corrected chi connectivity index (χ0v) is 12.3. The monoisotopic (exact) mass is 308 g/mol. The van der Waals surface area contributed by atoms with Crippen LogP contribution in [0.1, 0.15) is 28.9 Å². The molecule has 1 heterocycles. The number of hydrogen-bond donors (Lipinski definition) is 1. The van der Waals surface area contributed by atoms with Crippen molar-refractivity contribution in [2.75, 3.05) is 7.11 Å². The molecule has 0 radical (unpaired) electrons. The quantitative estimate of drug-likeness (QED) is 0.942. The number of pyridine rings is 1. The molecule has 0 saturated carbocycles. The van der Waals surface area contributed by atoms with Gasteiger partial charge in [-0.25, -0.2) is 4.39 Å². The highest BCUT2D eigenvalue weighted by Crippen LogP contribution is 2.22. The largest absolute Gasteiger partial charge is 0.494 e. The molecule has 0 bridgehead atoms. The predicted octanol–water partition coefficient (Wildman–Crippen LogP) is 3.37. The summed E-state index contributed by atoms with van der Waals surface area (Å²) in [6.07, 6.45) is 2.89. The van der Waals surface area contributed by atoms with E-state index in [2.05, 4.69) is 10.3 Å². The van der Waals surface area contributed by atoms with E-state index in [1.54, 1.807) is 13.0 Å². The number of hydrogen-bond acceptors (Lipinski definition) is 3. The molecule has 6 heteroatoms. The number of methoxy groups -OCH3 is 1. The highest BCUT2D eigenvalue weighted by Gasteiger charge is 2.15. The first-order valence-corrected chi connectivity index (χ1v) is 6.64. The number of carbonyl (C=O) groups is 1. The van der Waals surface area contributed by atoms with Crippen molar-refractivity contribution in [2.45, 2.75) is 13.0 Å². The van der Waals surface area contributed by atoms with Crippen molar-refractivity contribution in [3.8, 4) is 5.75 Å². The number of ether oxygens (including phenoxy) is 1. The molecule has 1 atom stereocenters. The smallest absolute Gasteiger partial charge is 0.254 e. The fraction of sp³-hybridized carbons (Fsp3) is 0.200. The van der Waals surface area contributed by atoms with Crippen LogP contribution >= 0.6 is 11.6 Å². The van der Waals surface area contributed by atoms with E-state index in [1.165, 1.54) is 37.7 Å². The van der Waals surface area contributed by atoms with Gasteiger partial charge in [-0.3, -0.25) is 9.78 Å². The number of rotatable bonds is 4. The van der Waals surface area contributed by atoms with Gasteiger partial charge in [0.05, 0.1) is 23.7 Å². The number of amides is 1. The summed E-state index contributed by atoms with van der Waals surface area (Å²) in [5, 5.41) is 3.06. The lowest BCUT2D eigenvalue weighted by molar-refractivity contribution is 0.0939. The van der Waals surface area contributed by atoms with Crippen LogP contribution in [0, 0.1) is 5.82 Å². The van der Waals surface area contributed by atoms with Crippen LogP contribution in [0.15, 0.2) is 36.7 Å². The van der Waals surface area contributed by atoms with Gasteiger partial charge in [-0.2, -0.15) is 0 Å². The second-order valence-electron chi connectivity index (χ2n) is 4.44. The SMILES string of the molecule is COc1ccc(C(C)NC(=O)c2cnccc2Cl)cc1F. The van der Waals surface area contributed by atoms with Crippen molar-refractivity contribution in [1.29, 1.82) is 0 Å². The molecule has 1 aromatic carbocycles. The third-order valence-corrected chi connectivity index (χ3v) is 3.37. The summed E-state index contributed by atoms with van der Waals surface area (Å²) in [7, 11) is 1.40. The van der Waals surface area contributed by atoms with Crippen LogP contribution in [-0.4, -0.2) is 18.0 Å². The Balaban J connectivity index is 2.14. The van der Waals surface area contributed by atoms with Gasteiger partial charge in [0.15, 0.2) is 11.6 Å². The van der Waals surface area contributed by atoms with Crippen LogP contribution in [0.25, 0.3) is 0 Å². The fourth-order valence-corrected chi connectivity index (χ4v) is 2.05. The van der Waals surface area contributed by atoms with Gasteiger partial charge in [0.25, 0.3) is 5.91 Å². The molecule has 0 spiro atoms. The molecule has 4 nitrogen and oxygen atoms in total. The molecule has 0 fully saturated rings. The third kappa shape index (κ3) is 3.49. The number of nitrogens with one attached hydrogen (secondary N) is 1. The summed E-state index contributed by atoms with van der Waals surface area (Å²) in [6.45, 7) is 1.75. The highest BCUT2D eigenvalue weighted by atomic mass is 35.5. The molecule has 1 N–H and O–H groups in total. The molecule has 0 aliphatic heterocycles. The maximum absolute atomic E-state index is 13.7. The molecule has 0 aliphatic rings. The standard InChI is InChI=1S/C15H14ClFN2O2/c1-9(10-3-4-14(21-2)13(17)7-10)19-15(20)11-8-18-6-5-12(11)16/h3-9H,1-2H3,(H,19,20). The van der Waals surface area contributed by atoms with E-state index in [4.69, 9.17) is 16.3 Å². The zero-order chi connectivity index (χ0) is 15.4. The Morgan fingerprint density at radius 1 is 1.43 bits per heavy atom. The lowest BCUT2D eigenvalue weighted by atomic mass is 10.1.